The quantitative estimate of drug-likeness (QED) is 0.576. The second kappa shape index (κ2) is 2.02. The maximum Gasteiger partial charge on any atom is 0.181 e. The van der Waals surface area contributed by atoms with E-state index >= 15 is 0 Å². The molecule has 10 heavy (non-hydrogen) atoms. The summed E-state index contributed by atoms with van der Waals surface area (Å²) in [4.78, 5) is 3.77. The maximum absolute atomic E-state index is 5.00. The lowest BCUT2D eigenvalue weighted by molar-refractivity contribution is 0.541. The Morgan fingerprint density at radius 3 is 3.00 bits per heavy atom. The Hall–Kier alpha value is -1.51. The third kappa shape index (κ3) is 0.719. The van der Waals surface area contributed by atoms with Gasteiger partial charge in [0.15, 0.2) is 12.2 Å². The summed E-state index contributed by atoms with van der Waals surface area (Å²) in [6.07, 6.45) is 8.49. The van der Waals surface area contributed by atoms with Gasteiger partial charge in [0.2, 0.25) is 0 Å². The second-order valence-corrected chi connectivity index (χ2v) is 1.89. The molecule has 0 fully saturated rings. The molecule has 49 valence electrons. The van der Waals surface area contributed by atoms with Crippen LogP contribution in [0, 0.1) is 0 Å². The average Bonchev–Trinajstić information content (AvgIpc) is 2.59. The predicted octanol–water partition coefficient (Wildman–Crippen LogP) is 1.15. The molecule has 0 amide bonds. The number of hydrogen-bond acceptors (Lipinski definition) is 2. The van der Waals surface area contributed by atoms with Crippen LogP contribution < -0.4 is 5.32 Å². The minimum absolute atomic E-state index is 0.713. The number of nitrogens with zero attached hydrogens (tertiary/aromatic N) is 2. The molecule has 2 rings (SSSR count). The summed E-state index contributed by atoms with van der Waals surface area (Å²) < 4.78 is 5.00. The molecule has 1 aromatic heterocycles. The molecule has 0 atom stereocenters. The highest BCUT2D eigenvalue weighted by Crippen LogP contribution is 2.14. The highest BCUT2D eigenvalue weighted by atomic mass is 16.3. The Bertz CT molecular complexity index is 272. The number of hydrogen-bond donors (Lipinski definition) is 0. The van der Waals surface area contributed by atoms with E-state index in [9.17, 15) is 0 Å². The first-order valence-electron chi connectivity index (χ1n) is 2.93. The summed E-state index contributed by atoms with van der Waals surface area (Å²) in [5.74, 6) is 0.713. The molecule has 0 bridgehead atoms. The van der Waals surface area contributed by atoms with Crippen molar-refractivity contribution < 1.29 is 4.42 Å². The fourth-order valence-corrected chi connectivity index (χ4v) is 0.789. The molecule has 3 nitrogen and oxygen atoms in total. The van der Waals surface area contributed by atoms with Crippen LogP contribution in [0.4, 0.5) is 0 Å². The largest absolute Gasteiger partial charge is 0.442 e. The molecule has 1 aromatic rings. The summed E-state index contributed by atoms with van der Waals surface area (Å²) in [5.41, 5.74) is 0.831. The molecule has 0 aliphatic carbocycles. The number of aromatic nitrogens is 1. The van der Waals surface area contributed by atoms with Gasteiger partial charge in [0.25, 0.3) is 0 Å². The molecule has 2 heterocycles. The highest BCUT2D eigenvalue weighted by molar-refractivity contribution is 5.63. The lowest BCUT2D eigenvalue weighted by Crippen LogP contribution is -1.88. The van der Waals surface area contributed by atoms with E-state index in [0.717, 1.165) is 5.70 Å². The molecular formula is C7H5N2O. The first-order chi connectivity index (χ1) is 4.97. The van der Waals surface area contributed by atoms with Gasteiger partial charge in [-0.1, -0.05) is 0 Å². The number of rotatable bonds is 1. The van der Waals surface area contributed by atoms with Crippen molar-refractivity contribution in [2.45, 2.75) is 0 Å². The van der Waals surface area contributed by atoms with Gasteiger partial charge in [-0.25, -0.2) is 4.98 Å². The average molecular weight is 133 g/mol. The molecule has 0 unspecified atom stereocenters. The normalized spacial score (nSPS) is 15.0. The van der Waals surface area contributed by atoms with Crippen LogP contribution in [0.5, 0.6) is 0 Å². The smallest absolute Gasteiger partial charge is 0.181 e. The molecule has 1 radical (unpaired) electrons. The lowest BCUT2D eigenvalue weighted by Gasteiger charge is -1.91. The van der Waals surface area contributed by atoms with Crippen LogP contribution in [-0.4, -0.2) is 4.98 Å². The van der Waals surface area contributed by atoms with E-state index in [0.29, 0.717) is 5.76 Å². The van der Waals surface area contributed by atoms with E-state index in [4.69, 9.17) is 4.42 Å². The number of oxazole rings is 1. The zero-order valence-corrected chi connectivity index (χ0v) is 5.19. The highest BCUT2D eigenvalue weighted by Gasteiger charge is 2.05. The van der Waals surface area contributed by atoms with Crippen LogP contribution >= 0.6 is 0 Å². The van der Waals surface area contributed by atoms with Crippen molar-refractivity contribution in [2.75, 3.05) is 0 Å². The summed E-state index contributed by atoms with van der Waals surface area (Å²) in [7, 11) is 0. The van der Waals surface area contributed by atoms with Gasteiger partial charge in [-0.15, -0.1) is 0 Å². The molecule has 0 saturated heterocycles. The third-order valence-corrected chi connectivity index (χ3v) is 1.24. The molecule has 3 heteroatoms. The molecular weight excluding hydrogens is 128 g/mol. The van der Waals surface area contributed by atoms with Gasteiger partial charge in [0, 0.05) is 6.20 Å². The van der Waals surface area contributed by atoms with Crippen molar-refractivity contribution in [2.24, 2.45) is 0 Å². The summed E-state index contributed by atoms with van der Waals surface area (Å²) in [6, 6.07) is 0. The molecule has 0 aromatic carbocycles. The van der Waals surface area contributed by atoms with Crippen molar-refractivity contribution in [1.82, 2.24) is 10.3 Å². The van der Waals surface area contributed by atoms with Gasteiger partial charge < -0.3 is 4.42 Å². The van der Waals surface area contributed by atoms with Crippen LogP contribution in [0.3, 0.4) is 0 Å². The van der Waals surface area contributed by atoms with Gasteiger partial charge in [0.1, 0.15) is 5.70 Å². The Morgan fingerprint density at radius 2 is 2.40 bits per heavy atom. The Kier molecular flexibility index (Phi) is 1.07. The monoisotopic (exact) mass is 133 g/mol. The maximum atomic E-state index is 5.00. The van der Waals surface area contributed by atoms with Crippen LogP contribution in [0.15, 0.2) is 35.4 Å². The zero-order chi connectivity index (χ0) is 6.81. The minimum atomic E-state index is 0.713. The van der Waals surface area contributed by atoms with E-state index in [1.54, 1.807) is 12.4 Å². The number of allylic oxidation sites excluding steroid dienone is 2. The van der Waals surface area contributed by atoms with Crippen molar-refractivity contribution in [1.29, 1.82) is 0 Å². The van der Waals surface area contributed by atoms with Crippen molar-refractivity contribution in [3.63, 3.8) is 0 Å². The fraction of sp³-hybridized carbons (Fsp3) is 0. The van der Waals surface area contributed by atoms with E-state index in [1.807, 2.05) is 12.2 Å². The van der Waals surface area contributed by atoms with Gasteiger partial charge >= 0.3 is 0 Å². The topological polar surface area (TPSA) is 40.1 Å². The molecule has 0 N–H and O–H groups in total. The van der Waals surface area contributed by atoms with Gasteiger partial charge in [-0.2, -0.15) is 0 Å². The van der Waals surface area contributed by atoms with Crippen LogP contribution in [0.1, 0.15) is 5.76 Å². The summed E-state index contributed by atoms with van der Waals surface area (Å²) in [6.45, 7) is 0. The Morgan fingerprint density at radius 1 is 1.40 bits per heavy atom. The minimum Gasteiger partial charge on any atom is -0.442 e. The molecule has 1 aliphatic heterocycles. The second-order valence-electron chi connectivity index (χ2n) is 1.89. The van der Waals surface area contributed by atoms with Crippen molar-refractivity contribution in [3.8, 4) is 0 Å². The summed E-state index contributed by atoms with van der Waals surface area (Å²) in [5, 5.41) is 4.02. The fourth-order valence-electron chi connectivity index (χ4n) is 0.789. The third-order valence-electron chi connectivity index (χ3n) is 1.24. The first kappa shape index (κ1) is 5.29. The Balaban J connectivity index is 2.30. The van der Waals surface area contributed by atoms with Crippen molar-refractivity contribution in [3.05, 3.63) is 36.7 Å². The van der Waals surface area contributed by atoms with E-state index in [-0.39, 0.29) is 0 Å². The summed E-state index contributed by atoms with van der Waals surface area (Å²) >= 11 is 0. The molecule has 0 spiro atoms. The van der Waals surface area contributed by atoms with Gasteiger partial charge in [-0.3, -0.25) is 5.32 Å². The van der Waals surface area contributed by atoms with Gasteiger partial charge in [-0.05, 0) is 12.2 Å². The van der Waals surface area contributed by atoms with Crippen LogP contribution in [-0.2, 0) is 0 Å². The lowest BCUT2D eigenvalue weighted by atomic mass is 10.4. The molecule has 1 aliphatic rings. The Labute approximate surface area is 58.1 Å². The van der Waals surface area contributed by atoms with E-state index in [1.165, 1.54) is 6.39 Å². The first-order valence-corrected chi connectivity index (χ1v) is 2.93. The van der Waals surface area contributed by atoms with Crippen LogP contribution in [0.25, 0.3) is 5.70 Å². The zero-order valence-electron chi connectivity index (χ0n) is 5.19. The predicted molar refractivity (Wildman–Crippen MR) is 35.8 cm³/mol. The standard InChI is InChI=1S/C7H5N2O/c1-2-6(9-3-1)7-4-8-5-10-7/h1-5H. The van der Waals surface area contributed by atoms with Gasteiger partial charge in [0.05, 0.1) is 6.20 Å². The van der Waals surface area contributed by atoms with E-state index < -0.39 is 0 Å². The molecule has 0 saturated carbocycles. The van der Waals surface area contributed by atoms with Crippen molar-refractivity contribution >= 4 is 5.70 Å². The van der Waals surface area contributed by atoms with Crippen LogP contribution in [0.2, 0.25) is 0 Å². The SMILES string of the molecule is C1=C[N]C(c2cnco2)=C1. The van der Waals surface area contributed by atoms with E-state index in [2.05, 4.69) is 10.3 Å².